The van der Waals surface area contributed by atoms with Crippen LogP contribution in [0.2, 0.25) is 0 Å². The van der Waals surface area contributed by atoms with Crippen LogP contribution in [0.5, 0.6) is 5.75 Å². The fraction of sp³-hybridized carbons (Fsp3) is 0.360. The minimum atomic E-state index is -0.564. The largest absolute Gasteiger partial charge is 0.487 e. The molecule has 3 heterocycles. The summed E-state index contributed by atoms with van der Waals surface area (Å²) in [5.74, 6) is 0.799. The van der Waals surface area contributed by atoms with E-state index in [0.717, 1.165) is 31.2 Å². The summed E-state index contributed by atoms with van der Waals surface area (Å²) in [5.41, 5.74) is 1.60. The Morgan fingerprint density at radius 1 is 1.09 bits per heavy atom. The molecule has 0 aromatic carbocycles. The van der Waals surface area contributed by atoms with Crippen LogP contribution in [0, 0.1) is 5.92 Å². The average Bonchev–Trinajstić information content (AvgIpc) is 3.37. The maximum Gasteiger partial charge on any atom is 0.287 e. The summed E-state index contributed by atoms with van der Waals surface area (Å²) in [4.78, 5) is 33.6. The highest BCUT2D eigenvalue weighted by Crippen LogP contribution is 2.27. The molecule has 1 unspecified atom stereocenters. The second-order valence-corrected chi connectivity index (χ2v) is 8.15. The maximum atomic E-state index is 12.8. The Kier molecular flexibility index (Phi) is 7.34. The van der Waals surface area contributed by atoms with E-state index in [1.807, 2.05) is 12.1 Å². The number of rotatable bonds is 8. The van der Waals surface area contributed by atoms with Gasteiger partial charge in [0.2, 0.25) is 5.91 Å². The number of pyridine rings is 2. The highest BCUT2D eigenvalue weighted by molar-refractivity contribution is 5.96. The van der Waals surface area contributed by atoms with Crippen molar-refractivity contribution in [1.29, 1.82) is 0 Å². The molecule has 8 heteroatoms. The van der Waals surface area contributed by atoms with Gasteiger partial charge in [-0.2, -0.15) is 0 Å². The van der Waals surface area contributed by atoms with Crippen molar-refractivity contribution in [2.24, 2.45) is 5.92 Å². The molecule has 2 N–H and O–H groups in total. The minimum Gasteiger partial charge on any atom is -0.487 e. The van der Waals surface area contributed by atoms with Gasteiger partial charge in [0.05, 0.1) is 6.20 Å². The van der Waals surface area contributed by atoms with Crippen LogP contribution in [0.15, 0.2) is 59.4 Å². The summed E-state index contributed by atoms with van der Waals surface area (Å²) >= 11 is 0. The molecular formula is C25H28N4O4. The molecule has 1 aliphatic carbocycles. The van der Waals surface area contributed by atoms with Crippen LogP contribution >= 0.6 is 0 Å². The lowest BCUT2D eigenvalue weighted by molar-refractivity contribution is -0.124. The van der Waals surface area contributed by atoms with Gasteiger partial charge in [-0.1, -0.05) is 19.3 Å². The molecule has 0 bridgehead atoms. The van der Waals surface area contributed by atoms with Crippen molar-refractivity contribution in [1.82, 2.24) is 20.6 Å². The Bertz CT molecular complexity index is 1060. The zero-order valence-corrected chi connectivity index (χ0v) is 18.6. The molecule has 1 aliphatic rings. The number of ether oxygens (including phenoxy) is 1. The first kappa shape index (κ1) is 22.5. The van der Waals surface area contributed by atoms with E-state index < -0.39 is 11.9 Å². The Balaban J connectivity index is 1.39. The van der Waals surface area contributed by atoms with E-state index in [1.54, 1.807) is 49.9 Å². The highest BCUT2D eigenvalue weighted by Gasteiger charge is 2.31. The molecule has 172 valence electrons. The number of carbonyl (C=O) groups excluding carboxylic acids is 2. The first-order valence-electron chi connectivity index (χ1n) is 11.2. The molecular weight excluding hydrogens is 420 g/mol. The quantitative estimate of drug-likeness (QED) is 0.544. The predicted molar refractivity (Wildman–Crippen MR) is 122 cm³/mol. The van der Waals surface area contributed by atoms with Gasteiger partial charge >= 0.3 is 0 Å². The summed E-state index contributed by atoms with van der Waals surface area (Å²) in [5, 5.41) is 5.54. The monoisotopic (exact) mass is 448 g/mol. The molecule has 0 spiro atoms. The smallest absolute Gasteiger partial charge is 0.287 e. The molecule has 2 amide bonds. The van der Waals surface area contributed by atoms with Crippen LogP contribution in [0.25, 0.3) is 11.5 Å². The van der Waals surface area contributed by atoms with Crippen LogP contribution in [-0.2, 0) is 11.4 Å². The molecule has 1 atom stereocenters. The molecule has 4 rings (SSSR count). The van der Waals surface area contributed by atoms with Crippen LogP contribution < -0.4 is 15.4 Å². The van der Waals surface area contributed by atoms with Crippen molar-refractivity contribution in [2.75, 3.05) is 7.05 Å². The van der Waals surface area contributed by atoms with Crippen LogP contribution in [0.1, 0.15) is 48.2 Å². The van der Waals surface area contributed by atoms with E-state index in [2.05, 4.69) is 20.6 Å². The first-order valence-corrected chi connectivity index (χ1v) is 11.2. The van der Waals surface area contributed by atoms with Crippen molar-refractivity contribution in [3.63, 3.8) is 0 Å². The average molecular weight is 449 g/mol. The molecule has 1 saturated carbocycles. The Morgan fingerprint density at radius 2 is 1.88 bits per heavy atom. The second-order valence-electron chi connectivity index (χ2n) is 8.15. The van der Waals surface area contributed by atoms with Crippen molar-refractivity contribution in [3.05, 3.63) is 66.3 Å². The maximum absolute atomic E-state index is 12.8. The van der Waals surface area contributed by atoms with Crippen molar-refractivity contribution in [2.45, 2.75) is 44.8 Å². The van der Waals surface area contributed by atoms with Crippen LogP contribution in [0.3, 0.4) is 0 Å². The van der Waals surface area contributed by atoms with Crippen LogP contribution in [0.4, 0.5) is 0 Å². The number of amides is 2. The summed E-state index contributed by atoms with van der Waals surface area (Å²) in [6.07, 6.45) is 10.2. The van der Waals surface area contributed by atoms with Gasteiger partial charge in [-0.3, -0.25) is 14.6 Å². The number of hydrogen-bond acceptors (Lipinski definition) is 6. The molecule has 3 aromatic rings. The SMILES string of the molecule is CNC(=O)C(NC(=O)c1ccc(-c2ccc(OCc3ccncc3)cn2)o1)C1CCCCC1. The van der Waals surface area contributed by atoms with Gasteiger partial charge < -0.3 is 19.8 Å². The lowest BCUT2D eigenvalue weighted by atomic mass is 9.83. The molecule has 1 fully saturated rings. The topological polar surface area (TPSA) is 106 Å². The van der Waals surface area contributed by atoms with Gasteiger partial charge in [-0.15, -0.1) is 0 Å². The van der Waals surface area contributed by atoms with Gasteiger partial charge in [0.15, 0.2) is 11.5 Å². The third kappa shape index (κ3) is 5.77. The van der Waals surface area contributed by atoms with Gasteiger partial charge in [-0.05, 0) is 60.7 Å². The molecule has 0 aliphatic heterocycles. The van der Waals surface area contributed by atoms with Crippen molar-refractivity contribution < 1.29 is 18.7 Å². The Labute approximate surface area is 192 Å². The number of carbonyl (C=O) groups is 2. The summed E-state index contributed by atoms with van der Waals surface area (Å²) in [6, 6.07) is 10.1. The fourth-order valence-electron chi connectivity index (χ4n) is 4.09. The lowest BCUT2D eigenvalue weighted by Gasteiger charge is -2.29. The van der Waals surface area contributed by atoms with E-state index in [4.69, 9.17) is 9.15 Å². The number of aromatic nitrogens is 2. The van der Waals surface area contributed by atoms with E-state index >= 15 is 0 Å². The van der Waals surface area contributed by atoms with Gasteiger partial charge in [0.1, 0.15) is 24.1 Å². The Hall–Kier alpha value is -3.68. The number of nitrogens with zero attached hydrogens (tertiary/aromatic N) is 2. The molecule has 0 radical (unpaired) electrons. The summed E-state index contributed by atoms with van der Waals surface area (Å²) in [7, 11) is 1.59. The molecule has 8 nitrogen and oxygen atoms in total. The van der Waals surface area contributed by atoms with E-state index in [0.29, 0.717) is 23.8 Å². The third-order valence-corrected chi connectivity index (χ3v) is 5.91. The van der Waals surface area contributed by atoms with E-state index in [1.165, 1.54) is 6.42 Å². The van der Waals surface area contributed by atoms with Crippen molar-refractivity contribution >= 4 is 11.8 Å². The molecule has 0 saturated heterocycles. The van der Waals surface area contributed by atoms with Crippen LogP contribution in [-0.4, -0.2) is 34.9 Å². The summed E-state index contributed by atoms with van der Waals surface area (Å²) in [6.45, 7) is 0.419. The minimum absolute atomic E-state index is 0.137. The number of hydrogen-bond donors (Lipinski definition) is 2. The normalized spacial score (nSPS) is 14.9. The van der Waals surface area contributed by atoms with Gasteiger partial charge in [-0.25, -0.2) is 4.98 Å². The van der Waals surface area contributed by atoms with E-state index in [-0.39, 0.29) is 17.6 Å². The summed E-state index contributed by atoms with van der Waals surface area (Å²) < 4.78 is 11.5. The highest BCUT2D eigenvalue weighted by atomic mass is 16.5. The third-order valence-electron chi connectivity index (χ3n) is 5.91. The zero-order valence-electron chi connectivity index (χ0n) is 18.6. The molecule has 3 aromatic heterocycles. The number of nitrogens with one attached hydrogen (secondary N) is 2. The predicted octanol–water partition coefficient (Wildman–Crippen LogP) is 3.74. The standard InChI is InChI=1S/C25H28N4O4/c1-26-25(31)23(18-5-3-2-4-6-18)29-24(30)22-10-9-21(33-22)20-8-7-19(15-28-20)32-16-17-11-13-27-14-12-17/h7-15,18,23H,2-6,16H2,1H3,(H,26,31)(H,29,30). The zero-order chi connectivity index (χ0) is 23.0. The lowest BCUT2D eigenvalue weighted by Crippen LogP contribution is -2.50. The Morgan fingerprint density at radius 3 is 2.58 bits per heavy atom. The second kappa shape index (κ2) is 10.8. The van der Waals surface area contributed by atoms with E-state index in [9.17, 15) is 9.59 Å². The van der Waals surface area contributed by atoms with Gasteiger partial charge in [0.25, 0.3) is 5.91 Å². The first-order chi connectivity index (χ1) is 16.1. The molecule has 33 heavy (non-hydrogen) atoms. The number of likely N-dealkylation sites (N-methyl/N-ethyl adjacent to an activating group) is 1. The van der Waals surface area contributed by atoms with Crippen molar-refractivity contribution in [3.8, 4) is 17.2 Å². The fourth-order valence-corrected chi connectivity index (χ4v) is 4.09. The van der Waals surface area contributed by atoms with Gasteiger partial charge in [0, 0.05) is 19.4 Å². The number of furan rings is 1.